The zero-order chi connectivity index (χ0) is 23.8. The summed E-state index contributed by atoms with van der Waals surface area (Å²) in [5.74, 6) is 0.882. The predicted molar refractivity (Wildman–Crippen MR) is 136 cm³/mol. The van der Waals surface area contributed by atoms with Gasteiger partial charge >= 0.3 is 0 Å². The van der Waals surface area contributed by atoms with Crippen molar-refractivity contribution < 1.29 is 9.13 Å². The molecule has 0 radical (unpaired) electrons. The number of aromatic nitrogens is 3. The van der Waals surface area contributed by atoms with Gasteiger partial charge in [-0.15, -0.1) is 0 Å². The number of ether oxygens (including phenoxy) is 1. The molecule has 6 rings (SSSR count). The molecule has 2 aliphatic heterocycles. The van der Waals surface area contributed by atoms with Gasteiger partial charge in [-0.1, -0.05) is 12.1 Å². The molecule has 0 atom stereocenters. The van der Waals surface area contributed by atoms with Crippen molar-refractivity contribution in [2.24, 2.45) is 5.92 Å². The van der Waals surface area contributed by atoms with Crippen molar-refractivity contribution in [3.05, 3.63) is 66.9 Å². The number of nitrogens with two attached hydrogens (primary N) is 1. The third-order valence-electron chi connectivity index (χ3n) is 6.91. The number of piperazine rings is 1. The zero-order valence-electron chi connectivity index (χ0n) is 19.4. The predicted octanol–water partition coefficient (Wildman–Crippen LogP) is 3.85. The van der Waals surface area contributed by atoms with E-state index in [1.165, 1.54) is 6.33 Å². The van der Waals surface area contributed by atoms with Gasteiger partial charge in [0, 0.05) is 55.8 Å². The van der Waals surface area contributed by atoms with E-state index in [0.717, 1.165) is 73.5 Å². The van der Waals surface area contributed by atoms with Crippen molar-refractivity contribution in [3.63, 3.8) is 0 Å². The van der Waals surface area contributed by atoms with Crippen LogP contribution in [0.25, 0.3) is 33.3 Å². The Morgan fingerprint density at radius 2 is 1.69 bits per heavy atom. The summed E-state index contributed by atoms with van der Waals surface area (Å²) >= 11 is 0. The molecule has 178 valence electrons. The van der Waals surface area contributed by atoms with E-state index in [4.69, 9.17) is 10.5 Å². The van der Waals surface area contributed by atoms with Crippen LogP contribution < -0.4 is 10.6 Å². The summed E-state index contributed by atoms with van der Waals surface area (Å²) in [4.78, 5) is 17.6. The molecule has 0 spiro atoms. The van der Waals surface area contributed by atoms with E-state index in [1.807, 2.05) is 42.5 Å². The molecule has 0 unspecified atom stereocenters. The van der Waals surface area contributed by atoms with Crippen LogP contribution in [-0.4, -0.2) is 65.8 Å². The average Bonchev–Trinajstić information content (AvgIpc) is 2.86. The first kappa shape index (κ1) is 21.9. The number of anilines is 2. The highest BCUT2D eigenvalue weighted by Gasteiger charge is 2.25. The highest BCUT2D eigenvalue weighted by molar-refractivity contribution is 5.95. The average molecular weight is 471 g/mol. The lowest BCUT2D eigenvalue weighted by Gasteiger charge is -2.39. The Morgan fingerprint density at radius 3 is 2.43 bits per heavy atom. The molecular formula is C27H27FN6O. The Hall–Kier alpha value is -3.62. The van der Waals surface area contributed by atoms with Crippen molar-refractivity contribution in [1.29, 1.82) is 0 Å². The minimum atomic E-state index is -0.229. The molecule has 8 heteroatoms. The van der Waals surface area contributed by atoms with Crippen molar-refractivity contribution in [1.82, 2.24) is 19.9 Å². The van der Waals surface area contributed by atoms with Crippen LogP contribution in [0.5, 0.6) is 0 Å². The van der Waals surface area contributed by atoms with Gasteiger partial charge < -0.3 is 15.4 Å². The first-order valence-corrected chi connectivity index (χ1v) is 12.0. The lowest BCUT2D eigenvalue weighted by Crippen LogP contribution is -2.50. The van der Waals surface area contributed by atoms with Crippen molar-refractivity contribution in [2.45, 2.75) is 0 Å². The zero-order valence-corrected chi connectivity index (χ0v) is 19.4. The largest absolute Gasteiger partial charge is 0.384 e. The van der Waals surface area contributed by atoms with Crippen LogP contribution >= 0.6 is 0 Å². The van der Waals surface area contributed by atoms with Crippen LogP contribution in [0.4, 0.5) is 15.9 Å². The van der Waals surface area contributed by atoms with Gasteiger partial charge in [0.15, 0.2) is 0 Å². The monoisotopic (exact) mass is 470 g/mol. The number of fused-ring (bicyclic) bond motifs is 1. The summed E-state index contributed by atoms with van der Waals surface area (Å²) in [6.07, 6.45) is 3.22. The van der Waals surface area contributed by atoms with Crippen LogP contribution in [0.15, 0.2) is 61.1 Å². The summed E-state index contributed by atoms with van der Waals surface area (Å²) in [5.41, 5.74) is 10.7. The molecule has 4 aromatic rings. The molecule has 0 aliphatic carbocycles. The number of hydrogen-bond donors (Lipinski definition) is 1. The summed E-state index contributed by atoms with van der Waals surface area (Å²) in [6, 6.07) is 15.1. The second kappa shape index (κ2) is 9.20. The van der Waals surface area contributed by atoms with E-state index in [-0.39, 0.29) is 5.82 Å². The summed E-state index contributed by atoms with van der Waals surface area (Å²) < 4.78 is 20.6. The van der Waals surface area contributed by atoms with Gasteiger partial charge in [0.1, 0.15) is 18.0 Å². The van der Waals surface area contributed by atoms with Gasteiger partial charge in [0.25, 0.3) is 0 Å². The second-order valence-electron chi connectivity index (χ2n) is 9.28. The molecule has 4 heterocycles. The van der Waals surface area contributed by atoms with Gasteiger partial charge in [0.2, 0.25) is 0 Å². The van der Waals surface area contributed by atoms with E-state index in [9.17, 15) is 0 Å². The third-order valence-corrected chi connectivity index (χ3v) is 6.91. The van der Waals surface area contributed by atoms with Crippen molar-refractivity contribution in [2.75, 3.05) is 56.6 Å². The van der Waals surface area contributed by atoms with E-state index >= 15 is 4.39 Å². The maximum atomic E-state index is 15.3. The Balaban J connectivity index is 1.26. The number of nitrogen functional groups attached to an aromatic ring is 1. The Labute approximate surface area is 203 Å². The lowest BCUT2D eigenvalue weighted by atomic mass is 10.0. The molecule has 2 aromatic heterocycles. The van der Waals surface area contributed by atoms with E-state index < -0.39 is 0 Å². The van der Waals surface area contributed by atoms with Gasteiger partial charge in [-0.05, 0) is 47.5 Å². The number of pyridine rings is 1. The SMILES string of the molecule is Nc1cc(-c2ccc3ncnc(-c4ccc(N5CCN(CC6COC6)CC5)c(F)c4)c3c2)ccn1. The standard InChI is InChI=1S/C27H27FN6O/c28-23-12-21(2-4-25(23)34-9-7-33(8-10-34)14-18-15-35-16-18)27-22-11-19(1-3-24(22)31-17-32-27)20-5-6-30-26(29)13-20/h1-6,11-13,17-18H,7-10,14-16H2,(H2,29,30). The fourth-order valence-electron chi connectivity index (χ4n) is 4.93. The van der Waals surface area contributed by atoms with E-state index in [0.29, 0.717) is 23.1 Å². The molecular weight excluding hydrogens is 443 g/mol. The Bertz CT molecular complexity index is 1370. The van der Waals surface area contributed by atoms with Crippen molar-refractivity contribution in [3.8, 4) is 22.4 Å². The highest BCUT2D eigenvalue weighted by atomic mass is 19.1. The first-order valence-electron chi connectivity index (χ1n) is 12.0. The normalized spacial score (nSPS) is 17.0. The third kappa shape index (κ3) is 4.42. The number of hydrogen-bond acceptors (Lipinski definition) is 7. The maximum absolute atomic E-state index is 15.3. The van der Waals surface area contributed by atoms with Crippen molar-refractivity contribution >= 4 is 22.4 Å². The minimum Gasteiger partial charge on any atom is -0.384 e. The van der Waals surface area contributed by atoms with Crippen LogP contribution in [0.1, 0.15) is 0 Å². The molecule has 0 bridgehead atoms. The highest BCUT2D eigenvalue weighted by Crippen LogP contribution is 2.32. The molecule has 2 saturated heterocycles. The molecule has 2 fully saturated rings. The van der Waals surface area contributed by atoms with Gasteiger partial charge in [-0.2, -0.15) is 0 Å². The fourth-order valence-corrected chi connectivity index (χ4v) is 4.93. The lowest BCUT2D eigenvalue weighted by molar-refractivity contribution is -0.0469. The number of nitrogens with zero attached hydrogens (tertiary/aromatic N) is 5. The van der Waals surface area contributed by atoms with E-state index in [2.05, 4.69) is 24.8 Å². The molecule has 2 aromatic carbocycles. The minimum absolute atomic E-state index is 0.229. The molecule has 35 heavy (non-hydrogen) atoms. The van der Waals surface area contributed by atoms with Crippen LogP contribution in [0, 0.1) is 11.7 Å². The van der Waals surface area contributed by atoms with Gasteiger partial charge in [-0.25, -0.2) is 19.3 Å². The Morgan fingerprint density at radius 1 is 0.886 bits per heavy atom. The Kier molecular flexibility index (Phi) is 5.75. The van der Waals surface area contributed by atoms with Gasteiger partial charge in [-0.3, -0.25) is 4.90 Å². The molecule has 0 saturated carbocycles. The number of rotatable bonds is 5. The summed E-state index contributed by atoms with van der Waals surface area (Å²) in [6.45, 7) is 6.33. The topological polar surface area (TPSA) is 80.4 Å². The summed E-state index contributed by atoms with van der Waals surface area (Å²) in [5, 5.41) is 0.862. The quantitative estimate of drug-likeness (QED) is 0.475. The van der Waals surface area contributed by atoms with Crippen LogP contribution in [-0.2, 0) is 4.74 Å². The van der Waals surface area contributed by atoms with Crippen LogP contribution in [0.2, 0.25) is 0 Å². The molecule has 2 N–H and O–H groups in total. The number of halogens is 1. The maximum Gasteiger partial charge on any atom is 0.147 e. The fraction of sp³-hybridized carbons (Fsp3) is 0.296. The van der Waals surface area contributed by atoms with Crippen LogP contribution in [0.3, 0.4) is 0 Å². The molecule has 0 amide bonds. The second-order valence-corrected chi connectivity index (χ2v) is 9.28. The van der Waals surface area contributed by atoms with Gasteiger partial charge in [0.05, 0.1) is 30.1 Å². The first-order chi connectivity index (χ1) is 17.1. The number of benzene rings is 2. The molecule has 2 aliphatic rings. The molecule has 7 nitrogen and oxygen atoms in total. The summed E-state index contributed by atoms with van der Waals surface area (Å²) in [7, 11) is 0. The smallest absolute Gasteiger partial charge is 0.147 e. The van der Waals surface area contributed by atoms with E-state index in [1.54, 1.807) is 12.3 Å².